The van der Waals surface area contributed by atoms with Crippen LogP contribution in [0.1, 0.15) is 16.8 Å². The van der Waals surface area contributed by atoms with Gasteiger partial charge in [0.2, 0.25) is 0 Å². The minimum atomic E-state index is -5.08. The normalized spacial score (nSPS) is 11.0. The molecule has 0 aliphatic rings. The van der Waals surface area contributed by atoms with Crippen LogP contribution in [0.2, 0.25) is 5.02 Å². The number of alkyl halides is 3. The van der Waals surface area contributed by atoms with E-state index in [1.807, 2.05) is 6.07 Å². The van der Waals surface area contributed by atoms with Gasteiger partial charge in [-0.05, 0) is 51.8 Å². The quantitative estimate of drug-likeness (QED) is 0.289. The highest BCUT2D eigenvalue weighted by Gasteiger charge is 2.38. The Kier molecular flexibility index (Phi) is 8.25. The predicted molar refractivity (Wildman–Crippen MR) is 128 cm³/mol. The number of aromatic nitrogens is 3. The Labute approximate surface area is 218 Å². The fraction of sp³-hybridized carbons (Fsp3) is 0.130. The van der Waals surface area contributed by atoms with E-state index in [0.29, 0.717) is 32.0 Å². The molecule has 0 saturated heterocycles. The summed E-state index contributed by atoms with van der Waals surface area (Å²) in [4.78, 5) is 20.7. The lowest BCUT2D eigenvalue weighted by Gasteiger charge is -2.12. The standard InChI is InChI=1S/C21H13BrClFN4O2.C2HF3O2/c1-28-18(29)5-3-15-17(26-27-21(15)28)8-12-2-4-16(22)20(19(12)24)30-14-7-11(10-25)6-13(23)9-14;3-2(4,5)1(6)7/h2-7,9H,8H2,1H3,(H,26,27);(H,6,7). The molecular formula is C23H14BrClF4N4O4. The van der Waals surface area contributed by atoms with E-state index >= 15 is 4.39 Å². The molecule has 14 heteroatoms. The van der Waals surface area contributed by atoms with Gasteiger partial charge in [0, 0.05) is 35.6 Å². The maximum absolute atomic E-state index is 15.3. The van der Waals surface area contributed by atoms with Crippen molar-refractivity contribution in [3.05, 3.63) is 85.0 Å². The van der Waals surface area contributed by atoms with Crippen molar-refractivity contribution in [2.24, 2.45) is 7.05 Å². The molecule has 2 heterocycles. The predicted octanol–water partition coefficient (Wildman–Crippen LogP) is 5.70. The number of carboxylic acid groups (broad SMARTS) is 1. The summed E-state index contributed by atoms with van der Waals surface area (Å²) in [7, 11) is 1.63. The zero-order chi connectivity index (χ0) is 27.5. The molecule has 0 radical (unpaired) electrons. The van der Waals surface area contributed by atoms with Gasteiger partial charge in [0.15, 0.2) is 17.2 Å². The molecule has 0 spiro atoms. The molecule has 0 atom stereocenters. The van der Waals surface area contributed by atoms with Crippen LogP contribution < -0.4 is 10.3 Å². The summed E-state index contributed by atoms with van der Waals surface area (Å²) in [5, 5.41) is 24.3. The second kappa shape index (κ2) is 11.0. The number of pyridine rings is 1. The lowest BCUT2D eigenvalue weighted by Crippen LogP contribution is -2.21. The second-order valence-electron chi connectivity index (χ2n) is 7.39. The summed E-state index contributed by atoms with van der Waals surface area (Å²) < 4.78 is 54.6. The molecule has 4 rings (SSSR count). The van der Waals surface area contributed by atoms with Gasteiger partial charge in [-0.2, -0.15) is 23.5 Å². The topological polar surface area (TPSA) is 121 Å². The number of carbonyl (C=O) groups is 1. The number of nitrogens with zero attached hydrogens (tertiary/aromatic N) is 3. The summed E-state index contributed by atoms with van der Waals surface area (Å²) in [6, 6.07) is 12.9. The molecule has 0 aliphatic heterocycles. The van der Waals surface area contributed by atoms with E-state index < -0.39 is 18.0 Å². The number of H-pyrrole nitrogens is 1. The van der Waals surface area contributed by atoms with Crippen LogP contribution in [-0.4, -0.2) is 32.0 Å². The van der Waals surface area contributed by atoms with Crippen LogP contribution in [0.4, 0.5) is 17.6 Å². The monoisotopic (exact) mass is 600 g/mol. The van der Waals surface area contributed by atoms with E-state index in [4.69, 9.17) is 31.5 Å². The first-order valence-corrected chi connectivity index (χ1v) is 11.2. The minimum Gasteiger partial charge on any atom is -0.475 e. The van der Waals surface area contributed by atoms with Crippen LogP contribution in [0, 0.1) is 17.1 Å². The van der Waals surface area contributed by atoms with Crippen molar-refractivity contribution in [2.75, 3.05) is 0 Å². The average Bonchev–Trinajstić information content (AvgIpc) is 3.23. The van der Waals surface area contributed by atoms with E-state index in [-0.39, 0.29) is 23.5 Å². The first-order chi connectivity index (χ1) is 17.3. The third-order valence-electron chi connectivity index (χ3n) is 4.86. The van der Waals surface area contributed by atoms with Crippen LogP contribution in [0.3, 0.4) is 0 Å². The smallest absolute Gasteiger partial charge is 0.475 e. The number of rotatable bonds is 4. The number of halogens is 6. The van der Waals surface area contributed by atoms with Crippen molar-refractivity contribution in [3.8, 4) is 17.6 Å². The summed E-state index contributed by atoms with van der Waals surface area (Å²) in [5.74, 6) is -3.09. The maximum Gasteiger partial charge on any atom is 0.490 e. The van der Waals surface area contributed by atoms with Gasteiger partial charge in [-0.3, -0.25) is 14.5 Å². The van der Waals surface area contributed by atoms with E-state index in [2.05, 4.69) is 26.1 Å². The fourth-order valence-corrected chi connectivity index (χ4v) is 3.72. The highest BCUT2D eigenvalue weighted by Crippen LogP contribution is 2.36. The van der Waals surface area contributed by atoms with Gasteiger partial charge in [0.05, 0.1) is 16.1 Å². The van der Waals surface area contributed by atoms with Crippen molar-refractivity contribution in [1.82, 2.24) is 14.8 Å². The molecule has 2 aromatic heterocycles. The van der Waals surface area contributed by atoms with Crippen LogP contribution in [0.5, 0.6) is 11.5 Å². The van der Waals surface area contributed by atoms with Crippen molar-refractivity contribution >= 4 is 44.5 Å². The number of hydrogen-bond acceptors (Lipinski definition) is 5. The van der Waals surface area contributed by atoms with Crippen LogP contribution in [0.15, 0.2) is 51.7 Å². The first kappa shape index (κ1) is 27.7. The molecule has 0 saturated carbocycles. The molecule has 2 N–H and O–H groups in total. The zero-order valence-electron chi connectivity index (χ0n) is 18.5. The fourth-order valence-electron chi connectivity index (χ4n) is 3.11. The van der Waals surface area contributed by atoms with Gasteiger partial charge in [0.1, 0.15) is 5.75 Å². The Morgan fingerprint density at radius 3 is 2.57 bits per heavy atom. The molecule has 37 heavy (non-hydrogen) atoms. The van der Waals surface area contributed by atoms with E-state index in [9.17, 15) is 18.0 Å². The number of ether oxygens (including phenoxy) is 1. The first-order valence-electron chi connectivity index (χ1n) is 10.00. The van der Waals surface area contributed by atoms with Crippen molar-refractivity contribution in [1.29, 1.82) is 5.26 Å². The lowest BCUT2D eigenvalue weighted by molar-refractivity contribution is -0.192. The van der Waals surface area contributed by atoms with Crippen LogP contribution in [-0.2, 0) is 18.3 Å². The van der Waals surface area contributed by atoms with Gasteiger partial charge in [-0.25, -0.2) is 9.18 Å². The molecule has 0 unspecified atom stereocenters. The zero-order valence-corrected chi connectivity index (χ0v) is 20.9. The summed E-state index contributed by atoms with van der Waals surface area (Å²) in [6.07, 6.45) is -4.87. The number of aryl methyl sites for hydroxylation is 1. The molecule has 0 aliphatic carbocycles. The van der Waals surface area contributed by atoms with Crippen LogP contribution in [0.25, 0.3) is 11.0 Å². The third kappa shape index (κ3) is 6.46. The van der Waals surface area contributed by atoms with Crippen molar-refractivity contribution < 1.29 is 32.2 Å². The Balaban J connectivity index is 0.000000479. The van der Waals surface area contributed by atoms with Crippen LogP contribution >= 0.6 is 27.5 Å². The summed E-state index contributed by atoms with van der Waals surface area (Å²) in [5.41, 5.74) is 1.66. The second-order valence-corrected chi connectivity index (χ2v) is 8.68. The molecule has 2 aromatic carbocycles. The molecule has 8 nitrogen and oxygen atoms in total. The van der Waals surface area contributed by atoms with Gasteiger partial charge >= 0.3 is 12.1 Å². The molecular weight excluding hydrogens is 588 g/mol. The Morgan fingerprint density at radius 1 is 1.27 bits per heavy atom. The average molecular weight is 602 g/mol. The lowest BCUT2D eigenvalue weighted by atomic mass is 10.1. The molecule has 4 aromatic rings. The molecule has 0 bridgehead atoms. The minimum absolute atomic E-state index is 0.0186. The Morgan fingerprint density at radius 2 is 1.95 bits per heavy atom. The summed E-state index contributed by atoms with van der Waals surface area (Å²) >= 11 is 9.32. The number of benzene rings is 2. The van der Waals surface area contributed by atoms with E-state index in [0.717, 1.165) is 5.39 Å². The number of nitriles is 1. The molecule has 192 valence electrons. The summed E-state index contributed by atoms with van der Waals surface area (Å²) in [6.45, 7) is 0. The number of fused-ring (bicyclic) bond motifs is 1. The molecule has 0 amide bonds. The number of aliphatic carboxylic acids is 1. The number of aromatic amines is 1. The van der Waals surface area contributed by atoms with Crippen molar-refractivity contribution in [2.45, 2.75) is 12.6 Å². The SMILES string of the molecule is Cn1c(=O)ccc2c(Cc3ccc(Br)c(Oc4cc(Cl)cc(C#N)c4)c3F)[nH]nc21.O=C(O)C(F)(F)F. The van der Waals surface area contributed by atoms with Gasteiger partial charge in [0.25, 0.3) is 5.56 Å². The van der Waals surface area contributed by atoms with Gasteiger partial charge < -0.3 is 9.84 Å². The Hall–Kier alpha value is -3.89. The third-order valence-corrected chi connectivity index (χ3v) is 5.71. The highest BCUT2D eigenvalue weighted by molar-refractivity contribution is 9.10. The van der Waals surface area contributed by atoms with E-state index in [1.165, 1.54) is 28.8 Å². The van der Waals surface area contributed by atoms with Gasteiger partial charge in [-0.1, -0.05) is 17.7 Å². The highest BCUT2D eigenvalue weighted by atomic mass is 79.9. The van der Waals surface area contributed by atoms with E-state index in [1.54, 1.807) is 25.2 Å². The van der Waals surface area contributed by atoms with Crippen molar-refractivity contribution in [3.63, 3.8) is 0 Å². The van der Waals surface area contributed by atoms with Gasteiger partial charge in [-0.15, -0.1) is 0 Å². The largest absolute Gasteiger partial charge is 0.490 e. The maximum atomic E-state index is 15.3. The number of hydrogen-bond donors (Lipinski definition) is 2. The number of carboxylic acids is 1. The Bertz CT molecular complexity index is 1590. The number of nitrogens with one attached hydrogen (secondary N) is 1. The molecule has 0 fully saturated rings.